The first-order chi connectivity index (χ1) is 5.56. The van der Waals surface area contributed by atoms with Gasteiger partial charge in [0.2, 0.25) is 5.79 Å². The number of hydrogen-bond acceptors (Lipinski definition) is 2. The van der Waals surface area contributed by atoms with Gasteiger partial charge in [-0.1, -0.05) is 18.7 Å². The van der Waals surface area contributed by atoms with Gasteiger partial charge in [0.15, 0.2) is 0 Å². The van der Waals surface area contributed by atoms with Gasteiger partial charge >= 0.3 is 0 Å². The molecule has 1 rings (SSSR count). The number of benzene rings is 1. The molecule has 0 aliphatic rings. The van der Waals surface area contributed by atoms with E-state index in [1.165, 1.54) is 18.2 Å². The van der Waals surface area contributed by atoms with Crippen molar-refractivity contribution in [3.8, 4) is 0 Å². The molecule has 0 unspecified atom stereocenters. The molecule has 0 aliphatic carbocycles. The fraction of sp³-hybridized carbons (Fsp3) is 0.111. The summed E-state index contributed by atoms with van der Waals surface area (Å²) in [6.07, 6.45) is 0.932. The monoisotopic (exact) mass is 168 g/mol. The van der Waals surface area contributed by atoms with Crippen molar-refractivity contribution in [2.45, 2.75) is 5.79 Å². The highest BCUT2D eigenvalue weighted by molar-refractivity contribution is 5.23. The average molecular weight is 168 g/mol. The van der Waals surface area contributed by atoms with E-state index >= 15 is 0 Å². The normalized spacial score (nSPS) is 11.2. The van der Waals surface area contributed by atoms with Crippen LogP contribution in [0.1, 0.15) is 5.56 Å². The van der Waals surface area contributed by atoms with E-state index in [0.29, 0.717) is 0 Å². The van der Waals surface area contributed by atoms with Gasteiger partial charge in [-0.2, -0.15) is 0 Å². The highest BCUT2D eigenvalue weighted by atomic mass is 19.1. The van der Waals surface area contributed by atoms with Crippen molar-refractivity contribution in [1.82, 2.24) is 0 Å². The minimum atomic E-state index is -2.15. The van der Waals surface area contributed by atoms with Crippen molar-refractivity contribution in [3.05, 3.63) is 48.3 Å². The van der Waals surface area contributed by atoms with E-state index < -0.39 is 11.6 Å². The molecule has 0 atom stereocenters. The Balaban J connectivity index is 3.11. The Bertz CT molecular complexity index is 294. The highest BCUT2D eigenvalue weighted by Crippen LogP contribution is 2.18. The van der Waals surface area contributed by atoms with Gasteiger partial charge in [-0.15, -0.1) is 0 Å². The quantitative estimate of drug-likeness (QED) is 0.513. The van der Waals surface area contributed by atoms with Crippen LogP contribution in [0.3, 0.4) is 0 Å². The van der Waals surface area contributed by atoms with Crippen molar-refractivity contribution in [2.75, 3.05) is 0 Å². The zero-order valence-corrected chi connectivity index (χ0v) is 6.37. The van der Waals surface area contributed by atoms with E-state index in [2.05, 4.69) is 6.58 Å². The predicted octanol–water partition coefficient (Wildman–Crippen LogP) is 1.15. The molecule has 1 aromatic carbocycles. The minimum absolute atomic E-state index is 0.0671. The van der Waals surface area contributed by atoms with Crippen LogP contribution in [0, 0.1) is 5.82 Å². The summed E-state index contributed by atoms with van der Waals surface area (Å²) in [4.78, 5) is 0. The molecule has 2 N–H and O–H groups in total. The van der Waals surface area contributed by atoms with Gasteiger partial charge in [-0.25, -0.2) is 4.39 Å². The molecule has 0 amide bonds. The number of rotatable bonds is 2. The number of aliphatic hydroxyl groups is 2. The lowest BCUT2D eigenvalue weighted by molar-refractivity contribution is -0.125. The van der Waals surface area contributed by atoms with Crippen LogP contribution in [0.2, 0.25) is 0 Å². The van der Waals surface area contributed by atoms with Gasteiger partial charge in [0, 0.05) is 5.56 Å². The Hall–Kier alpha value is -1.19. The summed E-state index contributed by atoms with van der Waals surface area (Å²) in [5.41, 5.74) is 0.0671. The summed E-state index contributed by atoms with van der Waals surface area (Å²) in [5.74, 6) is -2.66. The summed E-state index contributed by atoms with van der Waals surface area (Å²) in [5, 5.41) is 18.4. The van der Waals surface area contributed by atoms with Crippen molar-refractivity contribution >= 4 is 0 Å². The SMILES string of the molecule is C=CC(O)(O)c1cccc(F)c1. The Morgan fingerprint density at radius 1 is 1.42 bits per heavy atom. The fourth-order valence-electron chi connectivity index (χ4n) is 0.835. The molecule has 0 aliphatic heterocycles. The first kappa shape index (κ1) is 8.90. The summed E-state index contributed by atoms with van der Waals surface area (Å²) in [6, 6.07) is 5.07. The fourth-order valence-corrected chi connectivity index (χ4v) is 0.835. The van der Waals surface area contributed by atoms with Crippen LogP contribution in [-0.4, -0.2) is 10.2 Å². The van der Waals surface area contributed by atoms with E-state index in [-0.39, 0.29) is 5.56 Å². The molecular formula is C9H9FO2. The molecule has 0 fully saturated rings. The third kappa shape index (κ3) is 1.69. The first-order valence-electron chi connectivity index (χ1n) is 3.40. The summed E-state index contributed by atoms with van der Waals surface area (Å²) in [7, 11) is 0. The number of halogens is 1. The van der Waals surface area contributed by atoms with Gasteiger partial charge in [0.1, 0.15) is 5.82 Å². The molecule has 0 spiro atoms. The van der Waals surface area contributed by atoms with Crippen molar-refractivity contribution < 1.29 is 14.6 Å². The van der Waals surface area contributed by atoms with Gasteiger partial charge in [0.05, 0.1) is 0 Å². The second kappa shape index (κ2) is 3.05. The smallest absolute Gasteiger partial charge is 0.209 e. The molecular weight excluding hydrogens is 159 g/mol. The second-order valence-corrected chi connectivity index (χ2v) is 2.44. The van der Waals surface area contributed by atoms with Gasteiger partial charge in [0.25, 0.3) is 0 Å². The molecule has 12 heavy (non-hydrogen) atoms. The topological polar surface area (TPSA) is 40.5 Å². The average Bonchev–Trinajstić information content (AvgIpc) is 2.05. The molecule has 0 heterocycles. The maximum atomic E-state index is 12.6. The zero-order chi connectivity index (χ0) is 9.19. The summed E-state index contributed by atoms with van der Waals surface area (Å²) >= 11 is 0. The van der Waals surface area contributed by atoms with E-state index in [9.17, 15) is 14.6 Å². The summed E-state index contributed by atoms with van der Waals surface area (Å²) < 4.78 is 12.6. The van der Waals surface area contributed by atoms with Crippen LogP contribution in [0.4, 0.5) is 4.39 Å². The molecule has 0 saturated heterocycles. The number of hydrogen-bond donors (Lipinski definition) is 2. The maximum absolute atomic E-state index is 12.6. The zero-order valence-electron chi connectivity index (χ0n) is 6.37. The molecule has 64 valence electrons. The first-order valence-corrected chi connectivity index (χ1v) is 3.40. The molecule has 1 aromatic rings. The summed E-state index contributed by atoms with van der Waals surface area (Å²) in [6.45, 7) is 3.22. The van der Waals surface area contributed by atoms with E-state index in [0.717, 1.165) is 12.1 Å². The molecule has 2 nitrogen and oxygen atoms in total. The molecule has 0 radical (unpaired) electrons. The lowest BCUT2D eigenvalue weighted by Gasteiger charge is -2.16. The Labute approximate surface area is 69.6 Å². The lowest BCUT2D eigenvalue weighted by Crippen LogP contribution is -2.21. The highest BCUT2D eigenvalue weighted by Gasteiger charge is 2.20. The third-order valence-corrected chi connectivity index (χ3v) is 1.53. The maximum Gasteiger partial charge on any atom is 0.209 e. The Kier molecular flexibility index (Phi) is 2.26. The lowest BCUT2D eigenvalue weighted by atomic mass is 10.1. The molecule has 3 heteroatoms. The predicted molar refractivity (Wildman–Crippen MR) is 42.7 cm³/mol. The van der Waals surface area contributed by atoms with Crippen LogP contribution in [0.5, 0.6) is 0 Å². The van der Waals surface area contributed by atoms with E-state index in [4.69, 9.17) is 0 Å². The molecule has 0 aromatic heterocycles. The van der Waals surface area contributed by atoms with Gasteiger partial charge in [-0.05, 0) is 18.2 Å². The van der Waals surface area contributed by atoms with Gasteiger partial charge in [-0.3, -0.25) is 0 Å². The minimum Gasteiger partial charge on any atom is -0.359 e. The molecule has 0 saturated carbocycles. The third-order valence-electron chi connectivity index (χ3n) is 1.53. The molecule has 0 bridgehead atoms. The van der Waals surface area contributed by atoms with Crippen molar-refractivity contribution in [1.29, 1.82) is 0 Å². The van der Waals surface area contributed by atoms with Gasteiger partial charge < -0.3 is 10.2 Å². The van der Waals surface area contributed by atoms with Crippen LogP contribution in [0.15, 0.2) is 36.9 Å². The second-order valence-electron chi connectivity index (χ2n) is 2.44. The Morgan fingerprint density at radius 3 is 2.58 bits per heavy atom. The van der Waals surface area contributed by atoms with Crippen LogP contribution < -0.4 is 0 Å². The standard InChI is InChI=1S/C9H9FO2/c1-2-9(11,12)7-4-3-5-8(10)6-7/h2-6,11-12H,1H2. The van der Waals surface area contributed by atoms with E-state index in [1.54, 1.807) is 0 Å². The van der Waals surface area contributed by atoms with Crippen LogP contribution >= 0.6 is 0 Å². The van der Waals surface area contributed by atoms with E-state index in [1.807, 2.05) is 0 Å². The van der Waals surface area contributed by atoms with Crippen LogP contribution in [-0.2, 0) is 5.79 Å². The van der Waals surface area contributed by atoms with Crippen molar-refractivity contribution in [3.63, 3.8) is 0 Å². The largest absolute Gasteiger partial charge is 0.359 e. The van der Waals surface area contributed by atoms with Crippen LogP contribution in [0.25, 0.3) is 0 Å². The Morgan fingerprint density at radius 2 is 2.08 bits per heavy atom. The van der Waals surface area contributed by atoms with Crippen molar-refractivity contribution in [2.24, 2.45) is 0 Å².